The molecule has 5 heteroatoms. The van der Waals surface area contributed by atoms with Gasteiger partial charge in [0.1, 0.15) is 0 Å². The Balaban J connectivity index is 2.34. The van der Waals surface area contributed by atoms with Crippen LogP contribution in [0.15, 0.2) is 0 Å². The van der Waals surface area contributed by atoms with Crippen LogP contribution in [0.4, 0.5) is 0 Å². The zero-order valence-electron chi connectivity index (χ0n) is 12.7. The average Bonchev–Trinajstić information content (AvgIpc) is 2.38. The van der Waals surface area contributed by atoms with Crippen LogP contribution in [0, 0.1) is 5.92 Å². The molecule has 0 aromatic carbocycles. The Hall–Kier alpha value is -0.130. The number of nitrogens with one attached hydrogen (secondary N) is 1. The maximum absolute atomic E-state index is 12.2. The minimum absolute atomic E-state index is 0.231. The maximum Gasteiger partial charge on any atom is 0.214 e. The monoisotopic (exact) mass is 290 g/mol. The van der Waals surface area contributed by atoms with E-state index in [4.69, 9.17) is 0 Å². The van der Waals surface area contributed by atoms with Crippen molar-refractivity contribution in [3.63, 3.8) is 0 Å². The van der Waals surface area contributed by atoms with E-state index in [1.54, 1.807) is 11.4 Å². The molecule has 0 spiro atoms. The molecule has 114 valence electrons. The van der Waals surface area contributed by atoms with Crippen molar-refractivity contribution >= 4 is 10.0 Å². The summed E-state index contributed by atoms with van der Waals surface area (Å²) in [7, 11) is -1.29. The summed E-state index contributed by atoms with van der Waals surface area (Å²) in [5, 5.41) is 3.22. The molecule has 4 nitrogen and oxygen atoms in total. The molecule has 0 saturated heterocycles. The van der Waals surface area contributed by atoms with Crippen molar-refractivity contribution in [3.05, 3.63) is 0 Å². The van der Waals surface area contributed by atoms with Crippen molar-refractivity contribution in [2.24, 2.45) is 5.92 Å². The van der Waals surface area contributed by atoms with Crippen LogP contribution in [0.25, 0.3) is 0 Å². The third kappa shape index (κ3) is 5.79. The summed E-state index contributed by atoms with van der Waals surface area (Å²) in [4.78, 5) is 0. The highest BCUT2D eigenvalue weighted by Crippen LogP contribution is 2.27. The lowest BCUT2D eigenvalue weighted by Crippen LogP contribution is -2.40. The van der Waals surface area contributed by atoms with Crippen LogP contribution in [0.3, 0.4) is 0 Å². The second-order valence-electron chi connectivity index (χ2n) is 5.81. The van der Waals surface area contributed by atoms with Crippen molar-refractivity contribution < 1.29 is 8.42 Å². The first-order valence-corrected chi connectivity index (χ1v) is 9.24. The quantitative estimate of drug-likeness (QED) is 0.697. The number of hydrogen-bond acceptors (Lipinski definition) is 3. The van der Waals surface area contributed by atoms with Crippen LogP contribution in [-0.4, -0.2) is 44.7 Å². The minimum Gasteiger partial charge on any atom is -0.317 e. The molecule has 1 fully saturated rings. The van der Waals surface area contributed by atoms with Gasteiger partial charge < -0.3 is 5.32 Å². The SMILES string of the molecule is CCNCCCCS(=O)(=O)N(C)C1CCC(C)CC1. The normalized spacial score (nSPS) is 24.8. The summed E-state index contributed by atoms with van der Waals surface area (Å²) in [6.07, 6.45) is 6.05. The standard InChI is InChI=1S/C14H30N2O2S/c1-4-15-11-5-6-12-19(17,18)16(3)14-9-7-13(2)8-10-14/h13-15H,4-12H2,1-3H3. The van der Waals surface area contributed by atoms with Gasteiger partial charge in [-0.3, -0.25) is 0 Å². The van der Waals surface area contributed by atoms with E-state index in [0.717, 1.165) is 57.5 Å². The minimum atomic E-state index is -3.06. The molecular formula is C14H30N2O2S. The van der Waals surface area contributed by atoms with Crippen LogP contribution in [0.1, 0.15) is 52.4 Å². The van der Waals surface area contributed by atoms with Gasteiger partial charge in [0.25, 0.3) is 0 Å². The smallest absolute Gasteiger partial charge is 0.214 e. The van der Waals surface area contributed by atoms with Crippen molar-refractivity contribution in [2.75, 3.05) is 25.9 Å². The first-order valence-electron chi connectivity index (χ1n) is 7.63. The average molecular weight is 290 g/mol. The fourth-order valence-corrected chi connectivity index (χ4v) is 4.21. The van der Waals surface area contributed by atoms with Crippen LogP contribution in [0.2, 0.25) is 0 Å². The zero-order valence-corrected chi connectivity index (χ0v) is 13.5. The van der Waals surface area contributed by atoms with Gasteiger partial charge in [-0.25, -0.2) is 12.7 Å². The Morgan fingerprint density at radius 2 is 1.79 bits per heavy atom. The molecule has 1 N–H and O–H groups in total. The van der Waals surface area contributed by atoms with Crippen molar-refractivity contribution in [3.8, 4) is 0 Å². The molecule has 1 rings (SSSR count). The second kappa shape index (κ2) is 8.22. The molecule has 0 bridgehead atoms. The third-order valence-electron chi connectivity index (χ3n) is 4.19. The number of nitrogens with zero attached hydrogens (tertiary/aromatic N) is 1. The van der Waals surface area contributed by atoms with Gasteiger partial charge in [-0.05, 0) is 57.5 Å². The molecule has 1 aliphatic rings. The second-order valence-corrected chi connectivity index (χ2v) is 7.95. The summed E-state index contributed by atoms with van der Waals surface area (Å²) in [6.45, 7) is 6.18. The van der Waals surface area contributed by atoms with Gasteiger partial charge in [-0.2, -0.15) is 0 Å². The Kier molecular flexibility index (Phi) is 7.32. The van der Waals surface area contributed by atoms with E-state index in [2.05, 4.69) is 19.2 Å². The molecule has 1 saturated carbocycles. The Morgan fingerprint density at radius 3 is 2.37 bits per heavy atom. The Labute approximate surface area is 119 Å². The van der Waals surface area contributed by atoms with Gasteiger partial charge in [0.15, 0.2) is 0 Å². The van der Waals surface area contributed by atoms with E-state index in [9.17, 15) is 8.42 Å². The topological polar surface area (TPSA) is 49.4 Å². The lowest BCUT2D eigenvalue weighted by atomic mass is 9.87. The van der Waals surface area contributed by atoms with Crippen molar-refractivity contribution in [1.82, 2.24) is 9.62 Å². The first-order chi connectivity index (χ1) is 8.97. The molecule has 1 aliphatic carbocycles. The zero-order chi connectivity index (χ0) is 14.3. The van der Waals surface area contributed by atoms with Crippen molar-refractivity contribution in [2.45, 2.75) is 58.4 Å². The van der Waals surface area contributed by atoms with Gasteiger partial charge >= 0.3 is 0 Å². The van der Waals surface area contributed by atoms with Crippen molar-refractivity contribution in [1.29, 1.82) is 0 Å². The molecule has 0 amide bonds. The van der Waals surface area contributed by atoms with Gasteiger partial charge in [0.2, 0.25) is 10.0 Å². The first kappa shape index (κ1) is 16.9. The van der Waals surface area contributed by atoms with Gasteiger partial charge in [0.05, 0.1) is 5.75 Å². The van der Waals surface area contributed by atoms with Crippen LogP contribution >= 0.6 is 0 Å². The molecule has 19 heavy (non-hydrogen) atoms. The van der Waals surface area contributed by atoms with E-state index in [-0.39, 0.29) is 6.04 Å². The molecule has 0 aromatic rings. The molecule has 0 heterocycles. The van der Waals surface area contributed by atoms with E-state index in [1.165, 1.54) is 0 Å². The van der Waals surface area contributed by atoms with Gasteiger partial charge in [0, 0.05) is 13.1 Å². The Bertz CT molecular complexity index is 335. The summed E-state index contributed by atoms with van der Waals surface area (Å²) in [5.74, 6) is 1.05. The van der Waals surface area contributed by atoms with E-state index in [0.29, 0.717) is 5.75 Å². The van der Waals surface area contributed by atoms with Crippen LogP contribution in [-0.2, 0) is 10.0 Å². The lowest BCUT2D eigenvalue weighted by Gasteiger charge is -2.32. The molecule has 0 aliphatic heterocycles. The largest absolute Gasteiger partial charge is 0.317 e. The highest BCUT2D eigenvalue weighted by Gasteiger charge is 2.28. The highest BCUT2D eigenvalue weighted by atomic mass is 32.2. The van der Waals surface area contributed by atoms with Gasteiger partial charge in [-0.1, -0.05) is 13.8 Å². The predicted molar refractivity (Wildman–Crippen MR) is 80.7 cm³/mol. The fraction of sp³-hybridized carbons (Fsp3) is 1.00. The molecule has 0 atom stereocenters. The molecular weight excluding hydrogens is 260 g/mol. The number of hydrogen-bond donors (Lipinski definition) is 1. The Morgan fingerprint density at radius 1 is 1.16 bits per heavy atom. The fourth-order valence-electron chi connectivity index (χ4n) is 2.69. The van der Waals surface area contributed by atoms with Gasteiger partial charge in [-0.15, -0.1) is 0 Å². The van der Waals surface area contributed by atoms with E-state index < -0.39 is 10.0 Å². The summed E-state index contributed by atoms with van der Waals surface area (Å²) >= 11 is 0. The maximum atomic E-state index is 12.2. The summed E-state index contributed by atoms with van der Waals surface area (Å²) in [5.41, 5.74) is 0. The predicted octanol–water partition coefficient (Wildman–Crippen LogP) is 2.22. The van der Waals surface area contributed by atoms with Crippen LogP contribution in [0.5, 0.6) is 0 Å². The summed E-state index contributed by atoms with van der Waals surface area (Å²) < 4.78 is 26.1. The lowest BCUT2D eigenvalue weighted by molar-refractivity contribution is 0.246. The summed E-state index contributed by atoms with van der Waals surface area (Å²) in [6, 6.07) is 0.231. The van der Waals surface area contributed by atoms with E-state index >= 15 is 0 Å². The third-order valence-corrected chi connectivity index (χ3v) is 6.17. The molecule has 0 radical (unpaired) electrons. The number of sulfonamides is 1. The highest BCUT2D eigenvalue weighted by molar-refractivity contribution is 7.89. The van der Waals surface area contributed by atoms with E-state index in [1.807, 2.05) is 0 Å². The van der Waals surface area contributed by atoms with Crippen LogP contribution < -0.4 is 5.32 Å². The number of unbranched alkanes of at least 4 members (excludes halogenated alkanes) is 1. The molecule has 0 unspecified atom stereocenters. The molecule has 0 aromatic heterocycles. The number of rotatable bonds is 8.